The summed E-state index contributed by atoms with van der Waals surface area (Å²) in [6.45, 7) is 0.463. The summed E-state index contributed by atoms with van der Waals surface area (Å²) in [4.78, 5) is 15.2. The lowest BCUT2D eigenvalue weighted by Crippen LogP contribution is -2.30. The van der Waals surface area contributed by atoms with E-state index in [9.17, 15) is 9.90 Å². The van der Waals surface area contributed by atoms with E-state index in [0.717, 1.165) is 18.6 Å². The van der Waals surface area contributed by atoms with Crippen molar-refractivity contribution in [2.75, 3.05) is 6.61 Å². The molecule has 1 aliphatic heterocycles. The van der Waals surface area contributed by atoms with Gasteiger partial charge in [-0.1, -0.05) is 30.4 Å². The number of aliphatic hydroxyl groups excluding tert-OH is 1. The summed E-state index contributed by atoms with van der Waals surface area (Å²) in [5, 5.41) is 21.8. The molecule has 0 amide bonds. The molecule has 2 aliphatic rings. The van der Waals surface area contributed by atoms with Gasteiger partial charge < -0.3 is 19.7 Å². The highest BCUT2D eigenvalue weighted by atomic mass is 32.1. The van der Waals surface area contributed by atoms with Gasteiger partial charge >= 0.3 is 5.97 Å². The summed E-state index contributed by atoms with van der Waals surface area (Å²) in [6.07, 6.45) is 5.66. The van der Waals surface area contributed by atoms with Gasteiger partial charge in [-0.25, -0.2) is 9.78 Å². The number of hydrogen-bond acceptors (Lipinski definition) is 6. The highest BCUT2D eigenvalue weighted by molar-refractivity contribution is 7.09. The Kier molecular flexibility index (Phi) is 5.75. The van der Waals surface area contributed by atoms with Gasteiger partial charge in [0.25, 0.3) is 0 Å². The van der Waals surface area contributed by atoms with Gasteiger partial charge in [0.2, 0.25) is 0 Å². The number of aromatic nitrogens is 1. The monoisotopic (exact) mass is 401 g/mol. The molecular weight excluding hydrogens is 378 g/mol. The Bertz CT molecular complexity index is 836. The van der Waals surface area contributed by atoms with Gasteiger partial charge in [-0.2, -0.15) is 0 Å². The third kappa shape index (κ3) is 4.11. The molecule has 148 valence electrons. The number of para-hydroxylation sites is 1. The number of carbonyl (C=O) groups is 1. The molecule has 28 heavy (non-hydrogen) atoms. The second kappa shape index (κ2) is 8.43. The van der Waals surface area contributed by atoms with E-state index >= 15 is 0 Å². The smallest absolute Gasteiger partial charge is 0.355 e. The minimum atomic E-state index is -1.02. The van der Waals surface area contributed by atoms with Crippen molar-refractivity contribution < 1.29 is 24.5 Å². The van der Waals surface area contributed by atoms with Crippen LogP contribution in [0.5, 0.6) is 5.75 Å². The molecule has 2 fully saturated rings. The van der Waals surface area contributed by atoms with Crippen LogP contribution in [0.2, 0.25) is 0 Å². The predicted octanol–water partition coefficient (Wildman–Crippen LogP) is 3.69. The van der Waals surface area contributed by atoms with Gasteiger partial charge in [0, 0.05) is 17.7 Å². The summed E-state index contributed by atoms with van der Waals surface area (Å²) in [5.41, 5.74) is 0.0661. The summed E-state index contributed by atoms with van der Waals surface area (Å²) in [5.74, 6) is 0.120. The topological polar surface area (TPSA) is 88.9 Å². The molecule has 2 heterocycles. The molecule has 6 nitrogen and oxygen atoms in total. The van der Waals surface area contributed by atoms with Gasteiger partial charge in [0.15, 0.2) is 5.69 Å². The number of carboxylic acid groups (broad SMARTS) is 1. The molecule has 0 spiro atoms. The number of aliphatic hydroxyl groups is 1. The number of thiazole rings is 1. The van der Waals surface area contributed by atoms with Crippen LogP contribution in [0.25, 0.3) is 0 Å². The number of aromatic carboxylic acids is 1. The highest BCUT2D eigenvalue weighted by Gasteiger charge is 2.45. The molecule has 1 aromatic heterocycles. The van der Waals surface area contributed by atoms with Crippen molar-refractivity contribution in [1.29, 1.82) is 0 Å². The SMILES string of the molecule is O=C(O)c1csc([C@H]2CC[C@@H]3[C@@H](/C=C/COc4ccccc4)[C@H](O)C[C@@H]3O2)n1. The summed E-state index contributed by atoms with van der Waals surface area (Å²) in [6, 6.07) is 9.64. The Morgan fingerprint density at radius 2 is 2.14 bits per heavy atom. The van der Waals surface area contributed by atoms with E-state index in [2.05, 4.69) is 4.98 Å². The first kappa shape index (κ1) is 19.1. The third-order valence-corrected chi connectivity index (χ3v) is 6.39. The van der Waals surface area contributed by atoms with E-state index in [1.54, 1.807) is 5.38 Å². The number of ether oxygens (including phenoxy) is 2. The maximum absolute atomic E-state index is 11.0. The fourth-order valence-electron chi connectivity index (χ4n) is 4.12. The Balaban J connectivity index is 1.34. The van der Waals surface area contributed by atoms with Crippen LogP contribution in [0.4, 0.5) is 0 Å². The minimum absolute atomic E-state index is 0.0318. The van der Waals surface area contributed by atoms with Crippen molar-refractivity contribution in [3.63, 3.8) is 0 Å². The van der Waals surface area contributed by atoms with Crippen molar-refractivity contribution in [2.45, 2.75) is 37.6 Å². The average Bonchev–Trinajstić information content (AvgIpc) is 3.30. The third-order valence-electron chi connectivity index (χ3n) is 5.46. The van der Waals surface area contributed by atoms with Crippen molar-refractivity contribution in [1.82, 2.24) is 4.98 Å². The minimum Gasteiger partial charge on any atom is -0.490 e. The van der Waals surface area contributed by atoms with Gasteiger partial charge in [0.05, 0.1) is 12.2 Å². The molecule has 7 heteroatoms. The van der Waals surface area contributed by atoms with Crippen LogP contribution >= 0.6 is 11.3 Å². The van der Waals surface area contributed by atoms with E-state index in [-0.39, 0.29) is 29.7 Å². The predicted molar refractivity (Wildman–Crippen MR) is 105 cm³/mol. The van der Waals surface area contributed by atoms with Crippen LogP contribution in [0, 0.1) is 11.8 Å². The number of nitrogens with zero attached hydrogens (tertiary/aromatic N) is 1. The van der Waals surface area contributed by atoms with Crippen molar-refractivity contribution in [2.24, 2.45) is 11.8 Å². The van der Waals surface area contributed by atoms with Crippen molar-refractivity contribution in [3.8, 4) is 5.75 Å². The molecule has 1 aromatic carbocycles. The summed E-state index contributed by atoms with van der Waals surface area (Å²) in [7, 11) is 0. The van der Waals surface area contributed by atoms with Gasteiger partial charge in [-0.05, 0) is 30.9 Å². The normalized spacial score (nSPS) is 29.7. The zero-order chi connectivity index (χ0) is 19.5. The standard InChI is InChI=1S/C21H23NO5S/c23-17-11-19-15(14(17)7-4-10-26-13-5-2-1-3-6-13)8-9-18(27-19)20-22-16(12-28-20)21(24)25/h1-7,12,14-15,17-19,23H,8-11H2,(H,24,25)/b7-4+/t14-,15-,17-,18-,19+/m1/s1. The van der Waals surface area contributed by atoms with Crippen LogP contribution in [-0.2, 0) is 4.74 Å². The number of rotatable bonds is 6. The molecule has 2 N–H and O–H groups in total. The summed E-state index contributed by atoms with van der Waals surface area (Å²) >= 11 is 1.32. The lowest BCUT2D eigenvalue weighted by Gasteiger charge is -2.33. The molecule has 1 saturated heterocycles. The first-order valence-electron chi connectivity index (χ1n) is 9.48. The van der Waals surface area contributed by atoms with Crippen molar-refractivity contribution in [3.05, 3.63) is 58.6 Å². The van der Waals surface area contributed by atoms with Crippen LogP contribution in [0.15, 0.2) is 47.9 Å². The number of hydrogen-bond donors (Lipinski definition) is 2. The van der Waals surface area contributed by atoms with E-state index in [0.29, 0.717) is 18.0 Å². The first-order valence-corrected chi connectivity index (χ1v) is 10.4. The Hall–Kier alpha value is -2.22. The molecule has 1 aliphatic carbocycles. The number of fused-ring (bicyclic) bond motifs is 1. The van der Waals surface area contributed by atoms with Crippen LogP contribution < -0.4 is 4.74 Å². The van der Waals surface area contributed by atoms with Crippen LogP contribution in [0.3, 0.4) is 0 Å². The Morgan fingerprint density at radius 1 is 1.32 bits per heavy atom. The first-order chi connectivity index (χ1) is 13.6. The van der Waals surface area contributed by atoms with E-state index < -0.39 is 12.1 Å². The highest BCUT2D eigenvalue weighted by Crippen LogP contribution is 2.46. The van der Waals surface area contributed by atoms with Crippen LogP contribution in [0.1, 0.15) is 40.9 Å². The maximum Gasteiger partial charge on any atom is 0.355 e. The molecule has 5 atom stereocenters. The fraction of sp³-hybridized carbons (Fsp3) is 0.429. The number of benzene rings is 1. The molecule has 1 saturated carbocycles. The fourth-order valence-corrected chi connectivity index (χ4v) is 4.98. The summed E-state index contributed by atoms with van der Waals surface area (Å²) < 4.78 is 11.9. The van der Waals surface area contributed by atoms with Crippen LogP contribution in [-0.4, -0.2) is 40.0 Å². The van der Waals surface area contributed by atoms with Gasteiger partial charge in [-0.3, -0.25) is 0 Å². The van der Waals surface area contributed by atoms with E-state index in [1.807, 2.05) is 42.5 Å². The second-order valence-corrected chi connectivity index (χ2v) is 8.10. The lowest BCUT2D eigenvalue weighted by atomic mass is 9.86. The Labute approximate surface area is 167 Å². The molecule has 4 rings (SSSR count). The Morgan fingerprint density at radius 3 is 2.89 bits per heavy atom. The zero-order valence-corrected chi connectivity index (χ0v) is 16.1. The number of carboxylic acids is 1. The molecule has 0 unspecified atom stereocenters. The maximum atomic E-state index is 11.0. The van der Waals surface area contributed by atoms with Gasteiger partial charge in [-0.15, -0.1) is 11.3 Å². The van der Waals surface area contributed by atoms with Crippen molar-refractivity contribution >= 4 is 17.3 Å². The zero-order valence-electron chi connectivity index (χ0n) is 15.3. The molecule has 2 aromatic rings. The molecule has 0 radical (unpaired) electrons. The largest absolute Gasteiger partial charge is 0.490 e. The van der Waals surface area contributed by atoms with E-state index in [1.165, 1.54) is 11.3 Å². The van der Waals surface area contributed by atoms with E-state index in [4.69, 9.17) is 14.6 Å². The molecular formula is C21H23NO5S. The van der Waals surface area contributed by atoms with Gasteiger partial charge in [0.1, 0.15) is 23.5 Å². The molecule has 0 bridgehead atoms. The second-order valence-electron chi connectivity index (χ2n) is 7.21. The average molecular weight is 401 g/mol. The lowest BCUT2D eigenvalue weighted by molar-refractivity contribution is -0.0767. The quantitative estimate of drug-likeness (QED) is 0.718.